The minimum absolute atomic E-state index is 0.775. The number of nitrogens with zero attached hydrogens (tertiary/aromatic N) is 2. The summed E-state index contributed by atoms with van der Waals surface area (Å²) in [6, 6.07) is 1.55. The summed E-state index contributed by atoms with van der Waals surface area (Å²) in [5.41, 5.74) is 0. The first kappa shape index (κ1) is 10.4. The number of hydrazine groups is 1. The first-order valence-electron chi connectivity index (χ1n) is 6.32. The summed E-state index contributed by atoms with van der Waals surface area (Å²) in [6.45, 7) is 7.39. The molecule has 0 spiro atoms. The Morgan fingerprint density at radius 3 is 1.93 bits per heavy atom. The minimum atomic E-state index is 0.775. The van der Waals surface area contributed by atoms with E-state index in [-0.39, 0.29) is 0 Å². The molecule has 0 aromatic carbocycles. The predicted octanol–water partition coefficient (Wildman–Crippen LogP) is 2.65. The molecule has 2 rings (SSSR count). The molecule has 0 radical (unpaired) electrons. The van der Waals surface area contributed by atoms with Crippen LogP contribution in [-0.4, -0.2) is 35.2 Å². The number of hydrogen-bond acceptors (Lipinski definition) is 2. The topological polar surface area (TPSA) is 6.48 Å². The van der Waals surface area contributed by atoms with Gasteiger partial charge in [-0.3, -0.25) is 0 Å². The smallest absolute Gasteiger partial charge is 0.0220 e. The molecule has 2 aliphatic heterocycles. The van der Waals surface area contributed by atoms with Crippen molar-refractivity contribution in [3.63, 3.8) is 0 Å². The van der Waals surface area contributed by atoms with Crippen molar-refractivity contribution >= 4 is 0 Å². The van der Waals surface area contributed by atoms with Gasteiger partial charge in [0.15, 0.2) is 0 Å². The van der Waals surface area contributed by atoms with Gasteiger partial charge < -0.3 is 0 Å². The summed E-state index contributed by atoms with van der Waals surface area (Å²) >= 11 is 0. The highest BCUT2D eigenvalue weighted by Crippen LogP contribution is 2.26. The van der Waals surface area contributed by atoms with Crippen LogP contribution in [0.15, 0.2) is 0 Å². The third-order valence-electron chi connectivity index (χ3n) is 3.81. The van der Waals surface area contributed by atoms with E-state index in [1.54, 1.807) is 0 Å². The van der Waals surface area contributed by atoms with Crippen molar-refractivity contribution in [1.29, 1.82) is 0 Å². The van der Waals surface area contributed by atoms with Crippen molar-refractivity contribution < 1.29 is 0 Å². The van der Waals surface area contributed by atoms with Gasteiger partial charge >= 0.3 is 0 Å². The second-order valence-electron chi connectivity index (χ2n) is 5.02. The molecule has 0 aromatic rings. The Morgan fingerprint density at radius 1 is 0.786 bits per heavy atom. The van der Waals surface area contributed by atoms with Crippen LogP contribution in [0.25, 0.3) is 0 Å². The van der Waals surface area contributed by atoms with Crippen LogP contribution in [-0.2, 0) is 0 Å². The zero-order chi connectivity index (χ0) is 9.97. The number of piperidine rings is 2. The fraction of sp³-hybridized carbons (Fsp3) is 1.00. The van der Waals surface area contributed by atoms with Crippen molar-refractivity contribution in [2.75, 3.05) is 13.1 Å². The largest absolute Gasteiger partial charge is 0.241 e. The maximum Gasteiger partial charge on any atom is 0.0220 e. The van der Waals surface area contributed by atoms with Crippen molar-refractivity contribution in [3.05, 3.63) is 0 Å². The van der Waals surface area contributed by atoms with Crippen LogP contribution in [0.3, 0.4) is 0 Å². The van der Waals surface area contributed by atoms with Gasteiger partial charge in [-0.1, -0.05) is 12.8 Å². The molecule has 0 bridgehead atoms. The Balaban J connectivity index is 1.97. The van der Waals surface area contributed by atoms with Crippen molar-refractivity contribution in [2.45, 2.75) is 64.5 Å². The summed E-state index contributed by atoms with van der Waals surface area (Å²) in [5.74, 6) is 0. The summed E-state index contributed by atoms with van der Waals surface area (Å²) in [7, 11) is 0. The van der Waals surface area contributed by atoms with Gasteiger partial charge in [0, 0.05) is 25.2 Å². The van der Waals surface area contributed by atoms with Gasteiger partial charge in [-0.05, 0) is 39.5 Å². The van der Waals surface area contributed by atoms with Crippen LogP contribution in [0, 0.1) is 0 Å². The molecule has 2 aliphatic rings. The van der Waals surface area contributed by atoms with Crippen LogP contribution in [0.1, 0.15) is 52.4 Å². The molecule has 14 heavy (non-hydrogen) atoms. The molecule has 2 heteroatoms. The van der Waals surface area contributed by atoms with Gasteiger partial charge in [-0.15, -0.1) is 0 Å². The lowest BCUT2D eigenvalue weighted by Gasteiger charge is -2.47. The van der Waals surface area contributed by atoms with Gasteiger partial charge in [-0.25, -0.2) is 10.0 Å². The fourth-order valence-electron chi connectivity index (χ4n) is 3.07. The molecule has 0 saturated carbocycles. The van der Waals surface area contributed by atoms with E-state index in [4.69, 9.17) is 0 Å². The molecular formula is C12H24N2. The van der Waals surface area contributed by atoms with E-state index in [1.165, 1.54) is 51.6 Å². The normalized spacial score (nSPS) is 37.3. The highest BCUT2D eigenvalue weighted by molar-refractivity contribution is 4.79. The lowest BCUT2D eigenvalue weighted by atomic mass is 9.99. The molecule has 0 N–H and O–H groups in total. The van der Waals surface area contributed by atoms with E-state index in [2.05, 4.69) is 23.9 Å². The fourth-order valence-corrected chi connectivity index (χ4v) is 3.07. The zero-order valence-corrected chi connectivity index (χ0v) is 9.71. The second-order valence-corrected chi connectivity index (χ2v) is 5.02. The zero-order valence-electron chi connectivity index (χ0n) is 9.71. The quantitative estimate of drug-likeness (QED) is 0.636. The third-order valence-corrected chi connectivity index (χ3v) is 3.81. The van der Waals surface area contributed by atoms with Gasteiger partial charge in [0.1, 0.15) is 0 Å². The Hall–Kier alpha value is -0.0800. The molecule has 2 heterocycles. The molecule has 2 fully saturated rings. The molecule has 82 valence electrons. The molecule has 2 nitrogen and oxygen atoms in total. The third kappa shape index (κ3) is 2.12. The summed E-state index contributed by atoms with van der Waals surface area (Å²) < 4.78 is 0. The van der Waals surface area contributed by atoms with E-state index in [9.17, 15) is 0 Å². The van der Waals surface area contributed by atoms with Crippen molar-refractivity contribution in [2.24, 2.45) is 0 Å². The lowest BCUT2D eigenvalue weighted by Crippen LogP contribution is -2.55. The minimum Gasteiger partial charge on any atom is -0.241 e. The van der Waals surface area contributed by atoms with Crippen molar-refractivity contribution in [3.8, 4) is 0 Å². The molecule has 0 aromatic heterocycles. The van der Waals surface area contributed by atoms with Crippen LogP contribution < -0.4 is 0 Å². The second kappa shape index (κ2) is 4.63. The van der Waals surface area contributed by atoms with Gasteiger partial charge in [0.25, 0.3) is 0 Å². The number of rotatable bonds is 1. The Bertz CT molecular complexity index is 165. The summed E-state index contributed by atoms with van der Waals surface area (Å²) in [5, 5.41) is 5.29. The summed E-state index contributed by atoms with van der Waals surface area (Å²) in [4.78, 5) is 0. The average Bonchev–Trinajstić information content (AvgIpc) is 2.19. The van der Waals surface area contributed by atoms with Crippen LogP contribution in [0.2, 0.25) is 0 Å². The molecular weight excluding hydrogens is 172 g/mol. The molecule has 0 amide bonds. The highest BCUT2D eigenvalue weighted by Gasteiger charge is 2.29. The highest BCUT2D eigenvalue weighted by atomic mass is 15.6. The van der Waals surface area contributed by atoms with Crippen molar-refractivity contribution in [1.82, 2.24) is 10.0 Å². The Kier molecular flexibility index (Phi) is 3.45. The molecule has 0 aliphatic carbocycles. The van der Waals surface area contributed by atoms with E-state index in [0.717, 1.165) is 12.1 Å². The van der Waals surface area contributed by atoms with Gasteiger partial charge in [-0.2, -0.15) is 0 Å². The Morgan fingerprint density at radius 2 is 1.36 bits per heavy atom. The standard InChI is InChI=1S/C12H24N2/c1-11-7-6-8-12(2)14(11)13-9-4-3-5-10-13/h11-12H,3-10H2,1-2H3. The first-order valence-corrected chi connectivity index (χ1v) is 6.32. The molecule has 2 unspecified atom stereocenters. The molecule has 2 atom stereocenters. The maximum absolute atomic E-state index is 2.67. The maximum atomic E-state index is 2.67. The van der Waals surface area contributed by atoms with Crippen LogP contribution in [0.5, 0.6) is 0 Å². The van der Waals surface area contributed by atoms with E-state index >= 15 is 0 Å². The summed E-state index contributed by atoms with van der Waals surface area (Å²) in [6.07, 6.45) is 8.44. The van der Waals surface area contributed by atoms with E-state index in [0.29, 0.717) is 0 Å². The van der Waals surface area contributed by atoms with Gasteiger partial charge in [0.05, 0.1) is 0 Å². The average molecular weight is 196 g/mol. The Labute approximate surface area is 88.2 Å². The first-order chi connectivity index (χ1) is 6.79. The van der Waals surface area contributed by atoms with E-state index in [1.807, 2.05) is 0 Å². The van der Waals surface area contributed by atoms with Gasteiger partial charge in [0.2, 0.25) is 0 Å². The molecule has 2 saturated heterocycles. The number of hydrogen-bond donors (Lipinski definition) is 0. The lowest BCUT2D eigenvalue weighted by molar-refractivity contribution is -0.113. The predicted molar refractivity (Wildman–Crippen MR) is 60.0 cm³/mol. The van der Waals surface area contributed by atoms with Crippen LogP contribution in [0.4, 0.5) is 0 Å². The van der Waals surface area contributed by atoms with E-state index < -0.39 is 0 Å². The van der Waals surface area contributed by atoms with Crippen LogP contribution >= 0.6 is 0 Å². The SMILES string of the molecule is CC1CCCC(C)N1N1CCCCC1. The monoisotopic (exact) mass is 196 g/mol.